The molecule has 4 rings (SSSR count). The minimum atomic E-state index is -5.46. The highest BCUT2D eigenvalue weighted by molar-refractivity contribution is 6.30. The number of benzene rings is 1. The highest BCUT2D eigenvalue weighted by Gasteiger charge is 2.68. The Bertz CT molecular complexity index is 1310. The number of fused-ring (bicyclic) bond motifs is 1. The molecule has 0 aliphatic carbocycles. The second kappa shape index (κ2) is 6.87. The number of hydrogen-bond acceptors (Lipinski definition) is 5. The van der Waals surface area contributed by atoms with Crippen LogP contribution in [0.2, 0.25) is 5.02 Å². The van der Waals surface area contributed by atoms with Crippen molar-refractivity contribution in [3.05, 3.63) is 79.8 Å². The van der Waals surface area contributed by atoms with Crippen molar-refractivity contribution >= 4 is 29.2 Å². The van der Waals surface area contributed by atoms with E-state index < -0.39 is 51.9 Å². The maximum Gasteiger partial charge on any atom is 0.425 e. The molecule has 1 atom stereocenters. The first-order chi connectivity index (χ1) is 14.6. The summed E-state index contributed by atoms with van der Waals surface area (Å²) in [6, 6.07) is 7.63. The van der Waals surface area contributed by atoms with Crippen molar-refractivity contribution in [2.75, 3.05) is 5.32 Å². The van der Waals surface area contributed by atoms with Crippen molar-refractivity contribution in [3.8, 4) is 5.69 Å². The van der Waals surface area contributed by atoms with Gasteiger partial charge in [0.2, 0.25) is 0 Å². The summed E-state index contributed by atoms with van der Waals surface area (Å²) in [5.74, 6) is -4.42. The first-order valence-electron chi connectivity index (χ1n) is 8.46. The number of halogens is 4. The maximum absolute atomic E-state index is 14.3. The van der Waals surface area contributed by atoms with Crippen LogP contribution in [-0.2, 0) is 10.3 Å². The Labute approximate surface area is 174 Å². The van der Waals surface area contributed by atoms with Gasteiger partial charge in [-0.25, -0.2) is 9.36 Å². The molecule has 0 unspecified atom stereocenters. The molecule has 2 amide bonds. The number of amides is 2. The van der Waals surface area contributed by atoms with Gasteiger partial charge in [0.1, 0.15) is 11.4 Å². The van der Waals surface area contributed by atoms with E-state index in [0.717, 1.165) is 12.3 Å². The number of aromatic amines is 1. The zero-order valence-corrected chi connectivity index (χ0v) is 15.8. The minimum Gasteiger partial charge on any atom is -0.459 e. The fourth-order valence-corrected chi connectivity index (χ4v) is 3.38. The topological polar surface area (TPSA) is 126 Å². The van der Waals surface area contributed by atoms with E-state index in [1.165, 1.54) is 30.3 Å². The lowest BCUT2D eigenvalue weighted by atomic mass is 9.91. The normalized spacial score (nSPS) is 17.9. The molecule has 0 bridgehead atoms. The van der Waals surface area contributed by atoms with Gasteiger partial charge in [-0.2, -0.15) is 13.2 Å². The van der Waals surface area contributed by atoms with Gasteiger partial charge in [-0.1, -0.05) is 11.6 Å². The largest absolute Gasteiger partial charge is 0.459 e. The third-order valence-corrected chi connectivity index (χ3v) is 4.87. The summed E-state index contributed by atoms with van der Waals surface area (Å²) in [4.78, 5) is 51.6. The lowest BCUT2D eigenvalue weighted by molar-refractivity contribution is -0.196. The molecule has 0 radical (unpaired) electrons. The molecule has 13 heteroatoms. The molecule has 9 nitrogen and oxygen atoms in total. The molecule has 0 saturated carbocycles. The second-order valence-corrected chi connectivity index (χ2v) is 6.86. The summed E-state index contributed by atoms with van der Waals surface area (Å²) >= 11 is 5.80. The van der Waals surface area contributed by atoms with Crippen LogP contribution in [0.3, 0.4) is 0 Å². The van der Waals surface area contributed by atoms with Crippen molar-refractivity contribution in [2.24, 2.45) is 0 Å². The second-order valence-electron chi connectivity index (χ2n) is 6.43. The first kappa shape index (κ1) is 20.5. The van der Waals surface area contributed by atoms with Crippen molar-refractivity contribution < 1.29 is 27.2 Å². The van der Waals surface area contributed by atoms with Crippen LogP contribution >= 0.6 is 11.6 Å². The lowest BCUT2D eigenvalue weighted by Gasteiger charge is -2.29. The fourth-order valence-electron chi connectivity index (χ4n) is 3.25. The van der Waals surface area contributed by atoms with Crippen LogP contribution in [0.5, 0.6) is 0 Å². The van der Waals surface area contributed by atoms with Gasteiger partial charge in [-0.3, -0.25) is 19.4 Å². The van der Waals surface area contributed by atoms with Gasteiger partial charge >= 0.3 is 11.9 Å². The van der Waals surface area contributed by atoms with Crippen LogP contribution in [0.15, 0.2) is 56.7 Å². The van der Waals surface area contributed by atoms with Crippen LogP contribution in [0.25, 0.3) is 5.69 Å². The van der Waals surface area contributed by atoms with E-state index in [-0.39, 0.29) is 10.7 Å². The summed E-state index contributed by atoms with van der Waals surface area (Å²) in [5, 5.41) is 3.75. The predicted molar refractivity (Wildman–Crippen MR) is 100 cm³/mol. The number of anilines is 1. The third kappa shape index (κ3) is 3.03. The number of hydrogen-bond donors (Lipinski definition) is 3. The highest BCUT2D eigenvalue weighted by Crippen LogP contribution is 2.45. The number of nitrogens with one attached hydrogen (secondary N) is 3. The van der Waals surface area contributed by atoms with E-state index in [1.54, 1.807) is 10.3 Å². The van der Waals surface area contributed by atoms with Crippen molar-refractivity contribution in [1.29, 1.82) is 0 Å². The summed E-state index contributed by atoms with van der Waals surface area (Å²) in [6.07, 6.45) is -4.41. The average molecular weight is 455 g/mol. The van der Waals surface area contributed by atoms with Crippen molar-refractivity contribution in [2.45, 2.75) is 11.7 Å². The fraction of sp³-hybridized carbons (Fsp3) is 0.111. The van der Waals surface area contributed by atoms with E-state index in [4.69, 9.17) is 16.0 Å². The van der Waals surface area contributed by atoms with Crippen LogP contribution in [0.4, 0.5) is 19.0 Å². The SMILES string of the molecule is O=C(N[C@]1(C(F)(F)F)C(=O)Nc2c1c(=O)[nH]c(=O)n2-c1ccc(Cl)cc1)c1ccco1. The number of carbonyl (C=O) groups excluding carboxylic acids is 2. The van der Waals surface area contributed by atoms with E-state index in [9.17, 15) is 32.3 Å². The molecular formula is C18H10ClF3N4O5. The van der Waals surface area contributed by atoms with Gasteiger partial charge < -0.3 is 15.1 Å². The van der Waals surface area contributed by atoms with E-state index >= 15 is 0 Å². The molecule has 160 valence electrons. The average Bonchev–Trinajstić information content (AvgIpc) is 3.30. The van der Waals surface area contributed by atoms with Gasteiger partial charge in [-0.15, -0.1) is 0 Å². The van der Waals surface area contributed by atoms with Gasteiger partial charge in [0.15, 0.2) is 5.76 Å². The molecule has 1 aromatic carbocycles. The van der Waals surface area contributed by atoms with Crippen LogP contribution in [0.1, 0.15) is 16.1 Å². The first-order valence-corrected chi connectivity index (χ1v) is 8.84. The zero-order chi connectivity index (χ0) is 22.6. The lowest BCUT2D eigenvalue weighted by Crippen LogP contribution is -2.62. The molecule has 1 aliphatic heterocycles. The van der Waals surface area contributed by atoms with Gasteiger partial charge in [0.05, 0.1) is 12.0 Å². The number of rotatable bonds is 3. The standard InChI is InChI=1S/C18H10ClF3N4O5/c19-8-3-5-9(6-4-8)26-12-11(14(28)24-16(26)30)17(15(29)23-12,18(20,21)22)25-13(27)10-2-1-7-31-10/h1-7H,(H,23,29)(H,25,27)(H,24,28,30)/t17-/m0/s1. The summed E-state index contributed by atoms with van der Waals surface area (Å²) in [5.41, 5.74) is -7.57. The highest BCUT2D eigenvalue weighted by atomic mass is 35.5. The Morgan fingerprint density at radius 1 is 1.13 bits per heavy atom. The maximum atomic E-state index is 14.3. The van der Waals surface area contributed by atoms with Crippen LogP contribution in [0, 0.1) is 0 Å². The van der Waals surface area contributed by atoms with Crippen molar-refractivity contribution in [1.82, 2.24) is 14.9 Å². The smallest absolute Gasteiger partial charge is 0.425 e. The summed E-state index contributed by atoms with van der Waals surface area (Å²) in [6.45, 7) is 0. The Morgan fingerprint density at radius 3 is 2.39 bits per heavy atom. The minimum absolute atomic E-state index is 0.0116. The number of aromatic nitrogens is 2. The molecule has 0 fully saturated rings. The van der Waals surface area contributed by atoms with Crippen LogP contribution < -0.4 is 21.9 Å². The zero-order valence-electron chi connectivity index (χ0n) is 15.0. The van der Waals surface area contributed by atoms with Crippen LogP contribution in [-0.4, -0.2) is 27.5 Å². The molecular weight excluding hydrogens is 445 g/mol. The molecule has 31 heavy (non-hydrogen) atoms. The van der Waals surface area contributed by atoms with Crippen molar-refractivity contribution in [3.63, 3.8) is 0 Å². The Kier molecular flexibility index (Phi) is 4.54. The monoisotopic (exact) mass is 454 g/mol. The number of H-pyrrole nitrogens is 1. The number of furan rings is 1. The molecule has 2 aromatic heterocycles. The van der Waals surface area contributed by atoms with Gasteiger partial charge in [0.25, 0.3) is 22.9 Å². The third-order valence-electron chi connectivity index (χ3n) is 4.61. The van der Waals surface area contributed by atoms with E-state index in [1.807, 2.05) is 5.32 Å². The molecule has 1 aliphatic rings. The molecule has 0 saturated heterocycles. The van der Waals surface area contributed by atoms with E-state index in [0.29, 0.717) is 4.57 Å². The molecule has 0 spiro atoms. The number of nitrogens with zero attached hydrogens (tertiary/aromatic N) is 1. The quantitative estimate of drug-likeness (QED) is 0.557. The number of carbonyl (C=O) groups is 2. The van der Waals surface area contributed by atoms with Gasteiger partial charge in [-0.05, 0) is 36.4 Å². The molecule has 3 aromatic rings. The Morgan fingerprint density at radius 2 is 1.81 bits per heavy atom. The summed E-state index contributed by atoms with van der Waals surface area (Å²) < 4.78 is 48.2. The van der Waals surface area contributed by atoms with E-state index in [2.05, 4.69) is 0 Å². The van der Waals surface area contributed by atoms with Gasteiger partial charge in [0, 0.05) is 5.02 Å². The molecule has 3 N–H and O–H groups in total. The predicted octanol–water partition coefficient (Wildman–Crippen LogP) is 1.91. The molecule has 3 heterocycles. The number of alkyl halides is 3. The Balaban J connectivity index is 2.00. The summed E-state index contributed by atoms with van der Waals surface area (Å²) in [7, 11) is 0. The Hall–Kier alpha value is -3.80.